The predicted molar refractivity (Wildman–Crippen MR) is 87.4 cm³/mol. The van der Waals surface area contributed by atoms with Gasteiger partial charge in [0.05, 0.1) is 7.11 Å². The number of fused-ring (bicyclic) bond motifs is 1. The number of hydrogen-bond donors (Lipinski definition) is 0. The second kappa shape index (κ2) is 7.14. The topological polar surface area (TPSA) is 43.4 Å². The molecule has 22 heavy (non-hydrogen) atoms. The maximum absolute atomic E-state index is 12.3. The zero-order valence-electron chi connectivity index (χ0n) is 14.7. The van der Waals surface area contributed by atoms with Crippen molar-refractivity contribution in [3.63, 3.8) is 0 Å². The van der Waals surface area contributed by atoms with Crippen molar-refractivity contribution < 1.29 is 14.3 Å². The normalized spacial score (nSPS) is 35.7. The van der Waals surface area contributed by atoms with Crippen molar-refractivity contribution in [2.24, 2.45) is 29.1 Å². The van der Waals surface area contributed by atoms with Gasteiger partial charge in [0.2, 0.25) is 0 Å². The van der Waals surface area contributed by atoms with Crippen molar-refractivity contribution in [3.05, 3.63) is 0 Å². The van der Waals surface area contributed by atoms with Crippen LogP contribution in [0.1, 0.15) is 72.1 Å². The van der Waals surface area contributed by atoms with Crippen LogP contribution < -0.4 is 0 Å². The van der Waals surface area contributed by atoms with Crippen LogP contribution in [0.15, 0.2) is 0 Å². The molecule has 5 atom stereocenters. The van der Waals surface area contributed by atoms with Gasteiger partial charge in [0.25, 0.3) is 0 Å². The smallest absolute Gasteiger partial charge is 0.305 e. The molecule has 2 rings (SSSR count). The molecule has 0 saturated heterocycles. The summed E-state index contributed by atoms with van der Waals surface area (Å²) in [5, 5.41) is 0. The minimum Gasteiger partial charge on any atom is -0.469 e. The van der Waals surface area contributed by atoms with E-state index in [1.54, 1.807) is 0 Å². The van der Waals surface area contributed by atoms with Gasteiger partial charge < -0.3 is 4.74 Å². The Bertz CT molecular complexity index is 417. The lowest BCUT2D eigenvalue weighted by Gasteiger charge is -2.46. The van der Waals surface area contributed by atoms with Gasteiger partial charge in [0, 0.05) is 18.8 Å². The lowest BCUT2D eigenvalue weighted by molar-refractivity contribution is -0.141. The van der Waals surface area contributed by atoms with Gasteiger partial charge in [0.15, 0.2) is 0 Å². The van der Waals surface area contributed by atoms with Crippen LogP contribution in [-0.4, -0.2) is 18.9 Å². The van der Waals surface area contributed by atoms with E-state index in [0.29, 0.717) is 47.7 Å². The molecular formula is C19H32O3. The molecule has 0 bridgehead atoms. The highest BCUT2D eigenvalue weighted by atomic mass is 16.5. The molecule has 0 aromatic heterocycles. The Morgan fingerprint density at radius 2 is 2.00 bits per heavy atom. The first-order chi connectivity index (χ1) is 10.4. The second-order valence-electron chi connectivity index (χ2n) is 7.71. The summed E-state index contributed by atoms with van der Waals surface area (Å²) < 4.78 is 4.77. The molecule has 2 aliphatic rings. The van der Waals surface area contributed by atoms with Gasteiger partial charge in [-0.25, -0.2) is 0 Å². The fraction of sp³-hybridized carbons (Fsp3) is 0.895. The molecule has 0 aromatic carbocycles. The number of methoxy groups -OCH3 is 1. The van der Waals surface area contributed by atoms with Crippen LogP contribution in [0, 0.1) is 29.1 Å². The third-order valence-electron chi connectivity index (χ3n) is 6.68. The summed E-state index contributed by atoms with van der Waals surface area (Å²) >= 11 is 0. The van der Waals surface area contributed by atoms with Gasteiger partial charge in [0.1, 0.15) is 5.78 Å². The lowest BCUT2D eigenvalue weighted by atomic mass is 9.58. The summed E-state index contributed by atoms with van der Waals surface area (Å²) in [6, 6.07) is 0. The average Bonchev–Trinajstić information content (AvgIpc) is 2.88. The third kappa shape index (κ3) is 3.23. The number of hydrogen-bond acceptors (Lipinski definition) is 3. The van der Waals surface area contributed by atoms with E-state index in [2.05, 4.69) is 13.8 Å². The summed E-state index contributed by atoms with van der Waals surface area (Å²) in [5.74, 6) is 2.41. The maximum Gasteiger partial charge on any atom is 0.305 e. The largest absolute Gasteiger partial charge is 0.469 e. The molecule has 2 fully saturated rings. The Morgan fingerprint density at radius 3 is 2.64 bits per heavy atom. The second-order valence-corrected chi connectivity index (χ2v) is 7.71. The van der Waals surface area contributed by atoms with E-state index >= 15 is 0 Å². The molecule has 3 heteroatoms. The maximum atomic E-state index is 12.3. The first kappa shape index (κ1) is 17.5. The Kier molecular flexibility index (Phi) is 5.68. The SMILES string of the molecule is CCC(=O)C1CCC[C@@]2(C)C1CCC2[C@H](C)CCC(=O)OC. The zero-order valence-corrected chi connectivity index (χ0v) is 14.7. The number of esters is 1. The molecule has 3 nitrogen and oxygen atoms in total. The van der Waals surface area contributed by atoms with Crippen LogP contribution in [0.5, 0.6) is 0 Å². The molecule has 0 spiro atoms. The van der Waals surface area contributed by atoms with E-state index in [9.17, 15) is 9.59 Å². The van der Waals surface area contributed by atoms with Crippen LogP contribution in [-0.2, 0) is 14.3 Å². The highest BCUT2D eigenvalue weighted by molar-refractivity contribution is 5.81. The Labute approximate surface area is 135 Å². The minimum absolute atomic E-state index is 0.103. The minimum atomic E-state index is -0.103. The van der Waals surface area contributed by atoms with Gasteiger partial charge in [-0.05, 0) is 55.3 Å². The molecule has 0 radical (unpaired) electrons. The van der Waals surface area contributed by atoms with Crippen LogP contribution in [0.3, 0.4) is 0 Å². The van der Waals surface area contributed by atoms with Crippen LogP contribution in [0.25, 0.3) is 0 Å². The summed E-state index contributed by atoms with van der Waals surface area (Å²) in [5.41, 5.74) is 0.295. The quantitative estimate of drug-likeness (QED) is 0.684. The number of carbonyl (C=O) groups excluding carboxylic acids is 2. The third-order valence-corrected chi connectivity index (χ3v) is 6.68. The van der Waals surface area contributed by atoms with Crippen molar-refractivity contribution in [2.45, 2.75) is 72.1 Å². The van der Waals surface area contributed by atoms with Crippen molar-refractivity contribution in [3.8, 4) is 0 Å². The highest BCUT2D eigenvalue weighted by Crippen LogP contribution is 2.60. The van der Waals surface area contributed by atoms with Crippen molar-refractivity contribution in [1.82, 2.24) is 0 Å². The van der Waals surface area contributed by atoms with Gasteiger partial charge in [-0.1, -0.05) is 27.2 Å². The van der Waals surface area contributed by atoms with Gasteiger partial charge in [-0.15, -0.1) is 0 Å². The highest BCUT2D eigenvalue weighted by Gasteiger charge is 2.53. The number of ether oxygens (including phenoxy) is 1. The number of Topliss-reactive ketones (excluding diaryl/α,β-unsaturated/α-hetero) is 1. The molecule has 0 N–H and O–H groups in total. The lowest BCUT2D eigenvalue weighted by Crippen LogP contribution is -2.41. The van der Waals surface area contributed by atoms with Crippen molar-refractivity contribution in [1.29, 1.82) is 0 Å². The van der Waals surface area contributed by atoms with E-state index in [-0.39, 0.29) is 5.97 Å². The molecule has 2 aliphatic carbocycles. The molecule has 126 valence electrons. The average molecular weight is 308 g/mol. The van der Waals surface area contributed by atoms with E-state index in [1.165, 1.54) is 32.8 Å². The molecule has 0 heterocycles. The van der Waals surface area contributed by atoms with Crippen molar-refractivity contribution in [2.75, 3.05) is 7.11 Å². The standard InChI is InChI=1S/C19H32O3/c1-5-17(20)14-7-6-12-19(3)15(9-10-16(14)19)13(2)8-11-18(21)22-4/h13-16H,5-12H2,1-4H3/t13-,14?,15?,16?,19-/m1/s1. The Hall–Kier alpha value is -0.860. The molecule has 0 aliphatic heterocycles. The van der Waals surface area contributed by atoms with Gasteiger partial charge >= 0.3 is 5.97 Å². The first-order valence-electron chi connectivity index (χ1n) is 9.03. The number of carbonyl (C=O) groups is 2. The van der Waals surface area contributed by atoms with Gasteiger partial charge in [-0.2, -0.15) is 0 Å². The van der Waals surface area contributed by atoms with Crippen molar-refractivity contribution >= 4 is 11.8 Å². The van der Waals surface area contributed by atoms with E-state index in [4.69, 9.17) is 4.74 Å². The predicted octanol–water partition coefficient (Wildman–Crippen LogP) is 4.39. The van der Waals surface area contributed by atoms with E-state index < -0.39 is 0 Å². The fourth-order valence-corrected chi connectivity index (χ4v) is 5.46. The van der Waals surface area contributed by atoms with Gasteiger partial charge in [-0.3, -0.25) is 9.59 Å². The van der Waals surface area contributed by atoms with E-state index in [1.807, 2.05) is 6.92 Å². The van der Waals surface area contributed by atoms with Crippen LogP contribution >= 0.6 is 0 Å². The summed E-state index contributed by atoms with van der Waals surface area (Å²) in [6.07, 6.45) is 8.05. The summed E-state index contributed by atoms with van der Waals surface area (Å²) in [6.45, 7) is 6.70. The van der Waals surface area contributed by atoms with Crippen LogP contribution in [0.4, 0.5) is 0 Å². The number of rotatable bonds is 6. The molecule has 0 amide bonds. The van der Waals surface area contributed by atoms with Crippen LogP contribution in [0.2, 0.25) is 0 Å². The summed E-state index contributed by atoms with van der Waals surface area (Å²) in [7, 11) is 1.46. The first-order valence-corrected chi connectivity index (χ1v) is 9.03. The zero-order chi connectivity index (χ0) is 16.3. The van der Waals surface area contributed by atoms with E-state index in [0.717, 1.165) is 12.8 Å². The summed E-state index contributed by atoms with van der Waals surface area (Å²) in [4.78, 5) is 23.7. The Morgan fingerprint density at radius 1 is 1.27 bits per heavy atom. The monoisotopic (exact) mass is 308 g/mol. The molecule has 2 saturated carbocycles. The number of ketones is 1. The molecular weight excluding hydrogens is 276 g/mol. The molecule has 3 unspecified atom stereocenters. The fourth-order valence-electron chi connectivity index (χ4n) is 5.46. The Balaban J connectivity index is 2.06. The molecule has 0 aromatic rings.